The maximum Gasteiger partial charge on any atom is 0.154 e. The molecule has 0 saturated carbocycles. The lowest BCUT2D eigenvalue weighted by Crippen LogP contribution is -2.54. The Kier molecular flexibility index (Phi) is 4.60. The third kappa shape index (κ3) is 3.22. The molecule has 1 aromatic rings. The minimum Gasteiger partial charge on any atom is -0.493 e. The number of nitrogens with two attached hydrogens (primary N) is 1. The number of ether oxygens (including phenoxy) is 1. The molecule has 1 heterocycles. The molecule has 0 amide bonds. The van der Waals surface area contributed by atoms with E-state index in [1.54, 1.807) is 13.8 Å². The highest BCUT2D eigenvalue weighted by Gasteiger charge is 2.40. The van der Waals surface area contributed by atoms with Gasteiger partial charge in [0.15, 0.2) is 9.84 Å². The summed E-state index contributed by atoms with van der Waals surface area (Å²) in [5, 5.41) is 0. The minimum absolute atomic E-state index is 0.247. The zero-order chi connectivity index (χ0) is 15.7. The van der Waals surface area contributed by atoms with E-state index in [0.717, 1.165) is 17.7 Å². The van der Waals surface area contributed by atoms with E-state index in [1.165, 1.54) is 6.26 Å². The number of hydrogen-bond acceptors (Lipinski definition) is 5. The molecule has 2 unspecified atom stereocenters. The summed E-state index contributed by atoms with van der Waals surface area (Å²) in [7, 11) is -3.22. The van der Waals surface area contributed by atoms with Gasteiger partial charge in [-0.2, -0.15) is 0 Å². The van der Waals surface area contributed by atoms with Gasteiger partial charge in [0.1, 0.15) is 5.75 Å². The van der Waals surface area contributed by atoms with Crippen LogP contribution >= 0.6 is 0 Å². The van der Waals surface area contributed by atoms with Crippen LogP contribution in [0.1, 0.15) is 38.2 Å². The number of para-hydroxylation sites is 1. The summed E-state index contributed by atoms with van der Waals surface area (Å²) >= 11 is 0. The van der Waals surface area contributed by atoms with E-state index in [9.17, 15) is 8.42 Å². The van der Waals surface area contributed by atoms with Gasteiger partial charge in [-0.25, -0.2) is 8.42 Å². The number of nitrogens with one attached hydrogen (secondary N) is 1. The molecule has 6 heteroatoms. The molecule has 0 spiro atoms. The molecule has 5 nitrogen and oxygen atoms in total. The first kappa shape index (κ1) is 16.3. The number of sulfone groups is 1. The molecule has 2 atom stereocenters. The molecule has 0 aromatic heterocycles. The average Bonchev–Trinajstić information content (AvgIpc) is 2.43. The van der Waals surface area contributed by atoms with E-state index in [2.05, 4.69) is 5.43 Å². The predicted octanol–water partition coefficient (Wildman–Crippen LogP) is 1.60. The standard InChI is InChI=1S/C15H24N2O3S/c1-15(2,21(3,18)19)14(17-16)10-11-8-9-20-13-7-5-4-6-12(11)13/h4-7,11,14,17H,8-10,16H2,1-3H3. The van der Waals surface area contributed by atoms with E-state index >= 15 is 0 Å². The second kappa shape index (κ2) is 5.94. The first-order valence-electron chi connectivity index (χ1n) is 7.15. The Morgan fingerprint density at radius 1 is 1.43 bits per heavy atom. The van der Waals surface area contributed by atoms with Crippen molar-refractivity contribution >= 4 is 9.84 Å². The molecule has 118 valence electrons. The maximum absolute atomic E-state index is 12.0. The summed E-state index contributed by atoms with van der Waals surface area (Å²) < 4.78 is 28.8. The summed E-state index contributed by atoms with van der Waals surface area (Å²) in [5.41, 5.74) is 3.84. The SMILES string of the molecule is CC(C)(C(CC1CCOc2ccccc21)NN)S(C)(=O)=O. The monoisotopic (exact) mass is 312 g/mol. The van der Waals surface area contributed by atoms with Crippen LogP contribution in [-0.4, -0.2) is 32.1 Å². The van der Waals surface area contributed by atoms with Crippen LogP contribution in [0.2, 0.25) is 0 Å². The Hall–Kier alpha value is -1.11. The minimum atomic E-state index is -3.22. The third-order valence-electron chi connectivity index (χ3n) is 4.60. The molecule has 21 heavy (non-hydrogen) atoms. The highest BCUT2D eigenvalue weighted by atomic mass is 32.2. The quantitative estimate of drug-likeness (QED) is 0.637. The van der Waals surface area contributed by atoms with Gasteiger partial charge in [0.25, 0.3) is 0 Å². The highest BCUT2D eigenvalue weighted by Crippen LogP contribution is 2.38. The Labute approximate surface area is 126 Å². The first-order valence-corrected chi connectivity index (χ1v) is 9.04. The molecule has 1 aromatic carbocycles. The molecule has 0 aliphatic carbocycles. The lowest BCUT2D eigenvalue weighted by molar-refractivity contribution is 0.248. The second-order valence-electron chi connectivity index (χ2n) is 6.20. The molecule has 3 N–H and O–H groups in total. The topological polar surface area (TPSA) is 81.4 Å². The lowest BCUT2D eigenvalue weighted by atomic mass is 9.84. The van der Waals surface area contributed by atoms with E-state index < -0.39 is 14.6 Å². The van der Waals surface area contributed by atoms with Crippen LogP contribution in [0.3, 0.4) is 0 Å². The van der Waals surface area contributed by atoms with Gasteiger partial charge in [-0.05, 0) is 44.2 Å². The summed E-state index contributed by atoms with van der Waals surface area (Å²) in [6.07, 6.45) is 2.79. The zero-order valence-electron chi connectivity index (χ0n) is 12.8. The van der Waals surface area contributed by atoms with Crippen LogP contribution in [0.15, 0.2) is 24.3 Å². The van der Waals surface area contributed by atoms with E-state index in [-0.39, 0.29) is 12.0 Å². The fourth-order valence-corrected chi connectivity index (χ4v) is 3.44. The fraction of sp³-hybridized carbons (Fsp3) is 0.600. The summed E-state index contributed by atoms with van der Waals surface area (Å²) in [4.78, 5) is 0. The van der Waals surface area contributed by atoms with Crippen molar-refractivity contribution in [3.8, 4) is 5.75 Å². The molecule has 1 aliphatic rings. The summed E-state index contributed by atoms with van der Waals surface area (Å²) in [6, 6.07) is 7.60. The van der Waals surface area contributed by atoms with Gasteiger partial charge in [-0.3, -0.25) is 11.3 Å². The molecule has 0 saturated heterocycles. The van der Waals surface area contributed by atoms with Gasteiger partial charge in [-0.15, -0.1) is 0 Å². The van der Waals surface area contributed by atoms with Crippen molar-refractivity contribution in [3.63, 3.8) is 0 Å². The lowest BCUT2D eigenvalue weighted by Gasteiger charge is -2.36. The van der Waals surface area contributed by atoms with E-state index in [4.69, 9.17) is 10.6 Å². The molecule has 1 aliphatic heterocycles. The Balaban J connectivity index is 2.25. The number of hydrazine groups is 1. The second-order valence-corrected chi connectivity index (χ2v) is 8.80. The van der Waals surface area contributed by atoms with Gasteiger partial charge in [0, 0.05) is 12.3 Å². The van der Waals surface area contributed by atoms with Gasteiger partial charge >= 0.3 is 0 Å². The molecule has 0 bridgehead atoms. The van der Waals surface area contributed by atoms with Crippen LogP contribution in [0.5, 0.6) is 5.75 Å². The number of rotatable bonds is 5. The first-order chi connectivity index (χ1) is 9.77. The van der Waals surface area contributed by atoms with Crippen molar-refractivity contribution in [2.45, 2.75) is 43.4 Å². The summed E-state index contributed by atoms with van der Waals surface area (Å²) in [5.74, 6) is 6.78. The highest BCUT2D eigenvalue weighted by molar-refractivity contribution is 7.92. The maximum atomic E-state index is 12.0. The van der Waals surface area contributed by atoms with Crippen LogP contribution in [0.4, 0.5) is 0 Å². The largest absolute Gasteiger partial charge is 0.493 e. The van der Waals surface area contributed by atoms with Gasteiger partial charge < -0.3 is 4.74 Å². The van der Waals surface area contributed by atoms with Crippen LogP contribution in [0.25, 0.3) is 0 Å². The number of fused-ring (bicyclic) bond motifs is 1. The van der Waals surface area contributed by atoms with Crippen molar-refractivity contribution < 1.29 is 13.2 Å². The van der Waals surface area contributed by atoms with Crippen LogP contribution < -0.4 is 16.0 Å². The van der Waals surface area contributed by atoms with Gasteiger partial charge in [0.2, 0.25) is 0 Å². The normalized spacial score (nSPS) is 20.5. The van der Waals surface area contributed by atoms with Crippen molar-refractivity contribution in [3.05, 3.63) is 29.8 Å². The summed E-state index contributed by atoms with van der Waals surface area (Å²) in [6.45, 7) is 4.09. The van der Waals surface area contributed by atoms with Gasteiger partial charge in [-0.1, -0.05) is 18.2 Å². The number of hydrogen-bond donors (Lipinski definition) is 2. The van der Waals surface area contributed by atoms with E-state index in [1.807, 2.05) is 24.3 Å². The van der Waals surface area contributed by atoms with Crippen molar-refractivity contribution in [1.29, 1.82) is 0 Å². The molecular formula is C15H24N2O3S. The van der Waals surface area contributed by atoms with Crippen molar-refractivity contribution in [1.82, 2.24) is 5.43 Å². The Bertz CT molecular complexity index is 599. The van der Waals surface area contributed by atoms with Crippen molar-refractivity contribution in [2.24, 2.45) is 5.84 Å². The Morgan fingerprint density at radius 2 is 2.10 bits per heavy atom. The van der Waals surface area contributed by atoms with Crippen LogP contribution in [0, 0.1) is 0 Å². The van der Waals surface area contributed by atoms with Gasteiger partial charge in [0.05, 0.1) is 11.4 Å². The predicted molar refractivity (Wildman–Crippen MR) is 83.9 cm³/mol. The molecule has 0 fully saturated rings. The van der Waals surface area contributed by atoms with Crippen LogP contribution in [-0.2, 0) is 9.84 Å². The molecule has 2 rings (SSSR count). The average molecular weight is 312 g/mol. The fourth-order valence-electron chi connectivity index (χ4n) is 2.76. The zero-order valence-corrected chi connectivity index (χ0v) is 13.6. The molecular weight excluding hydrogens is 288 g/mol. The molecule has 0 radical (unpaired) electrons. The van der Waals surface area contributed by atoms with Crippen molar-refractivity contribution in [2.75, 3.05) is 12.9 Å². The smallest absolute Gasteiger partial charge is 0.154 e. The van der Waals surface area contributed by atoms with E-state index in [0.29, 0.717) is 13.0 Å². The Morgan fingerprint density at radius 3 is 2.71 bits per heavy atom. The number of benzene rings is 1. The third-order valence-corrected chi connectivity index (χ3v) is 6.79.